The first-order valence-corrected chi connectivity index (χ1v) is 28.4. The van der Waals surface area contributed by atoms with E-state index in [0.717, 1.165) is 77.0 Å². The van der Waals surface area contributed by atoms with Gasteiger partial charge in [-0.05, 0) is 103 Å². The number of rotatable bonds is 51. The van der Waals surface area contributed by atoms with Crippen molar-refractivity contribution in [1.29, 1.82) is 0 Å². The molecule has 0 aliphatic carbocycles. The molecular weight excluding hydrogens is 829 g/mol. The van der Waals surface area contributed by atoms with Gasteiger partial charge >= 0.3 is 17.9 Å². The predicted molar refractivity (Wildman–Crippen MR) is 288 cm³/mol. The third kappa shape index (κ3) is 53.7. The molecule has 0 rings (SSSR count). The first-order chi connectivity index (χ1) is 33.0. The molecule has 386 valence electrons. The highest BCUT2D eigenvalue weighted by Crippen LogP contribution is 2.15. The minimum atomic E-state index is -0.807. The van der Waals surface area contributed by atoms with Crippen LogP contribution in [0.1, 0.15) is 278 Å². The number of hydrogen-bond acceptors (Lipinski definition) is 6. The van der Waals surface area contributed by atoms with E-state index in [1.54, 1.807) is 0 Å². The number of unbranched alkanes of at least 4 members (excludes halogenated alkanes) is 28. The molecule has 0 aliphatic heterocycles. The van der Waals surface area contributed by atoms with Crippen molar-refractivity contribution in [3.63, 3.8) is 0 Å². The van der Waals surface area contributed by atoms with Gasteiger partial charge in [0.2, 0.25) is 0 Å². The number of carbonyl (C=O) groups excluding carboxylic acids is 3. The maximum atomic E-state index is 12.8. The van der Waals surface area contributed by atoms with Gasteiger partial charge in [0.15, 0.2) is 6.10 Å². The fourth-order valence-electron chi connectivity index (χ4n) is 7.82. The van der Waals surface area contributed by atoms with Crippen molar-refractivity contribution in [3.05, 3.63) is 72.9 Å². The van der Waals surface area contributed by atoms with Crippen molar-refractivity contribution in [2.45, 2.75) is 284 Å². The molecule has 0 bridgehead atoms. The Morgan fingerprint density at radius 1 is 0.299 bits per heavy atom. The van der Waals surface area contributed by atoms with Crippen LogP contribution < -0.4 is 0 Å². The Morgan fingerprint density at radius 2 is 0.567 bits per heavy atom. The van der Waals surface area contributed by atoms with Crippen LogP contribution in [0.2, 0.25) is 0 Å². The minimum Gasteiger partial charge on any atom is -0.462 e. The second kappa shape index (κ2) is 55.4. The molecule has 0 aromatic heterocycles. The van der Waals surface area contributed by atoms with Crippen LogP contribution in [0.5, 0.6) is 0 Å². The van der Waals surface area contributed by atoms with E-state index in [1.807, 2.05) is 0 Å². The lowest BCUT2D eigenvalue weighted by molar-refractivity contribution is -0.167. The van der Waals surface area contributed by atoms with Gasteiger partial charge in [0.05, 0.1) is 0 Å². The smallest absolute Gasteiger partial charge is 0.306 e. The molecule has 0 saturated carbocycles. The third-order valence-corrected chi connectivity index (χ3v) is 12.2. The Labute approximate surface area is 414 Å². The summed E-state index contributed by atoms with van der Waals surface area (Å²) in [7, 11) is 0. The van der Waals surface area contributed by atoms with Gasteiger partial charge in [-0.2, -0.15) is 0 Å². The quantitative estimate of drug-likeness (QED) is 0.0262. The lowest BCUT2D eigenvalue weighted by atomic mass is 10.0. The highest BCUT2D eigenvalue weighted by atomic mass is 16.6. The molecule has 0 aliphatic rings. The van der Waals surface area contributed by atoms with Gasteiger partial charge in [-0.3, -0.25) is 14.4 Å². The summed E-state index contributed by atoms with van der Waals surface area (Å²) in [4.78, 5) is 38.0. The molecular formula is C61H106O6. The van der Waals surface area contributed by atoms with Crippen LogP contribution in [-0.4, -0.2) is 37.2 Å². The fourth-order valence-corrected chi connectivity index (χ4v) is 7.82. The molecule has 0 radical (unpaired) electrons. The third-order valence-electron chi connectivity index (χ3n) is 12.2. The summed E-state index contributed by atoms with van der Waals surface area (Å²) >= 11 is 0. The van der Waals surface area contributed by atoms with Gasteiger partial charge in [0, 0.05) is 19.3 Å². The van der Waals surface area contributed by atoms with Gasteiger partial charge in [-0.1, -0.05) is 229 Å². The van der Waals surface area contributed by atoms with Crippen LogP contribution >= 0.6 is 0 Å². The van der Waals surface area contributed by atoms with E-state index >= 15 is 0 Å². The van der Waals surface area contributed by atoms with Gasteiger partial charge in [-0.15, -0.1) is 0 Å². The summed E-state index contributed by atoms with van der Waals surface area (Å²) in [5.74, 6) is -0.961. The summed E-state index contributed by atoms with van der Waals surface area (Å²) in [6, 6.07) is 0. The number of hydrogen-bond donors (Lipinski definition) is 0. The maximum Gasteiger partial charge on any atom is 0.306 e. The monoisotopic (exact) mass is 935 g/mol. The number of carbonyl (C=O) groups is 3. The standard InChI is InChI=1S/C61H106O6/c1-4-7-10-13-16-19-22-24-26-28-29-30-31-33-34-36-39-42-45-48-51-54-60(63)66-57-58(56-65-59(62)53-50-47-44-41-38-21-18-15-12-9-6-3)67-61(64)55-52-49-46-43-40-37-35-32-27-25-23-20-17-14-11-8-5-2/h15,17-18,20,24-27,35,37,43,46,58H,4-14,16,19,21-23,28-34,36,38-42,44-45,47-57H2,1-3H3/b18-15-,20-17-,26-24-,27-25-,37-35-,46-43-/t58-/m0/s1. The Morgan fingerprint density at radius 3 is 0.970 bits per heavy atom. The summed E-state index contributed by atoms with van der Waals surface area (Å²) in [6.07, 6.45) is 70.4. The van der Waals surface area contributed by atoms with E-state index in [-0.39, 0.29) is 37.5 Å². The Balaban J connectivity index is 4.38. The molecule has 0 aromatic carbocycles. The normalized spacial score (nSPS) is 12.6. The van der Waals surface area contributed by atoms with Crippen LogP contribution in [0.3, 0.4) is 0 Å². The molecule has 1 atom stereocenters. The van der Waals surface area contributed by atoms with Gasteiger partial charge in [0.1, 0.15) is 13.2 Å². The van der Waals surface area contributed by atoms with Crippen LogP contribution in [0.4, 0.5) is 0 Å². The number of allylic oxidation sites excluding steroid dienone is 12. The van der Waals surface area contributed by atoms with E-state index in [0.29, 0.717) is 19.3 Å². The molecule has 6 nitrogen and oxygen atoms in total. The molecule has 6 heteroatoms. The zero-order chi connectivity index (χ0) is 48.6. The van der Waals surface area contributed by atoms with Gasteiger partial charge in [0.25, 0.3) is 0 Å². The summed E-state index contributed by atoms with van der Waals surface area (Å²) < 4.78 is 16.8. The highest BCUT2D eigenvalue weighted by Gasteiger charge is 2.19. The molecule has 67 heavy (non-hydrogen) atoms. The average molecular weight is 936 g/mol. The number of esters is 3. The zero-order valence-corrected chi connectivity index (χ0v) is 44.2. The fraction of sp³-hybridized carbons (Fsp3) is 0.754. The molecule has 0 amide bonds. The van der Waals surface area contributed by atoms with Crippen molar-refractivity contribution in [3.8, 4) is 0 Å². The van der Waals surface area contributed by atoms with Crippen LogP contribution in [0, 0.1) is 0 Å². The van der Waals surface area contributed by atoms with E-state index < -0.39 is 6.10 Å². The second-order valence-electron chi connectivity index (χ2n) is 18.8. The van der Waals surface area contributed by atoms with Crippen LogP contribution in [-0.2, 0) is 28.6 Å². The molecule has 0 saturated heterocycles. The van der Waals surface area contributed by atoms with Crippen molar-refractivity contribution in [2.24, 2.45) is 0 Å². The van der Waals surface area contributed by atoms with Crippen molar-refractivity contribution in [1.82, 2.24) is 0 Å². The van der Waals surface area contributed by atoms with Gasteiger partial charge < -0.3 is 14.2 Å². The van der Waals surface area contributed by atoms with Crippen molar-refractivity contribution < 1.29 is 28.6 Å². The Kier molecular flexibility index (Phi) is 52.8. The topological polar surface area (TPSA) is 78.9 Å². The SMILES string of the molecule is CCCC/C=C\CCCCCCCC(=O)OC[C@@H](COC(=O)CCCCCCCCCCCCC/C=C\CCCCCCCC)OC(=O)CCC/C=C\C/C=C\C/C=C\C/C=C\CCCCC. The predicted octanol–water partition coefficient (Wildman–Crippen LogP) is 19.0. The molecule has 0 unspecified atom stereocenters. The zero-order valence-electron chi connectivity index (χ0n) is 44.2. The van der Waals surface area contributed by atoms with Crippen molar-refractivity contribution in [2.75, 3.05) is 13.2 Å². The lowest BCUT2D eigenvalue weighted by Gasteiger charge is -2.18. The van der Waals surface area contributed by atoms with Crippen LogP contribution in [0.25, 0.3) is 0 Å². The second-order valence-corrected chi connectivity index (χ2v) is 18.8. The summed E-state index contributed by atoms with van der Waals surface area (Å²) in [5.41, 5.74) is 0. The molecule has 0 heterocycles. The van der Waals surface area contributed by atoms with E-state index in [4.69, 9.17) is 14.2 Å². The molecule has 0 aromatic rings. The minimum absolute atomic E-state index is 0.0993. The summed E-state index contributed by atoms with van der Waals surface area (Å²) in [6.45, 7) is 6.53. The van der Waals surface area contributed by atoms with Crippen molar-refractivity contribution >= 4 is 17.9 Å². The first-order valence-electron chi connectivity index (χ1n) is 28.4. The first kappa shape index (κ1) is 63.8. The largest absolute Gasteiger partial charge is 0.462 e. The lowest BCUT2D eigenvalue weighted by Crippen LogP contribution is -2.30. The number of ether oxygens (including phenoxy) is 3. The highest BCUT2D eigenvalue weighted by molar-refractivity contribution is 5.71. The average Bonchev–Trinajstić information content (AvgIpc) is 3.33. The van der Waals surface area contributed by atoms with Crippen LogP contribution in [0.15, 0.2) is 72.9 Å². The Hall–Kier alpha value is -3.15. The summed E-state index contributed by atoms with van der Waals surface area (Å²) in [5, 5.41) is 0. The maximum absolute atomic E-state index is 12.8. The van der Waals surface area contributed by atoms with E-state index in [2.05, 4.69) is 93.7 Å². The van der Waals surface area contributed by atoms with Gasteiger partial charge in [-0.25, -0.2) is 0 Å². The molecule has 0 fully saturated rings. The van der Waals surface area contributed by atoms with E-state index in [1.165, 1.54) is 154 Å². The molecule has 0 spiro atoms. The Bertz CT molecular complexity index is 1260. The van der Waals surface area contributed by atoms with E-state index in [9.17, 15) is 14.4 Å². The molecule has 0 N–H and O–H groups in total.